The van der Waals surface area contributed by atoms with Crippen LogP contribution in [0.25, 0.3) is 0 Å². The molecule has 1 aliphatic rings. The second-order valence-corrected chi connectivity index (χ2v) is 7.65. The van der Waals surface area contributed by atoms with Crippen LogP contribution in [0.4, 0.5) is 15.6 Å². The second kappa shape index (κ2) is 9.03. The van der Waals surface area contributed by atoms with Gasteiger partial charge in [0.25, 0.3) is 0 Å². The van der Waals surface area contributed by atoms with Crippen LogP contribution < -0.4 is 15.4 Å². The number of benzene rings is 1. The van der Waals surface area contributed by atoms with Gasteiger partial charge in [-0.25, -0.2) is 9.78 Å². The van der Waals surface area contributed by atoms with Crippen molar-refractivity contribution in [3.8, 4) is 5.75 Å². The number of ether oxygens (including phenoxy) is 1. The fourth-order valence-electron chi connectivity index (χ4n) is 2.89. The summed E-state index contributed by atoms with van der Waals surface area (Å²) in [5.74, 6) is 0.427. The average molecular weight is 404 g/mol. The molecule has 0 saturated carbocycles. The summed E-state index contributed by atoms with van der Waals surface area (Å²) in [6.07, 6.45) is 0.123. The normalized spacial score (nSPS) is 14.6. The fraction of sp³-hybridized carbons (Fsp3) is 0.421. The Labute approximate surface area is 168 Å². The number of anilines is 2. The number of rotatable bonds is 5. The predicted octanol–water partition coefficient (Wildman–Crippen LogP) is 2.42. The Kier molecular flexibility index (Phi) is 6.48. The summed E-state index contributed by atoms with van der Waals surface area (Å²) >= 11 is 1.32. The van der Waals surface area contributed by atoms with Crippen molar-refractivity contribution < 1.29 is 14.3 Å². The van der Waals surface area contributed by atoms with Crippen LogP contribution >= 0.6 is 11.3 Å². The quantitative estimate of drug-likeness (QED) is 0.801. The van der Waals surface area contributed by atoms with Gasteiger partial charge in [0.05, 0.1) is 24.9 Å². The molecule has 1 aromatic carbocycles. The summed E-state index contributed by atoms with van der Waals surface area (Å²) in [5.41, 5.74) is 2.29. The number of carbonyl (C=O) groups excluding carboxylic acids is 2. The van der Waals surface area contributed by atoms with Crippen LogP contribution in [-0.4, -0.2) is 67.1 Å². The highest BCUT2D eigenvalue weighted by atomic mass is 32.1. The first-order valence-corrected chi connectivity index (χ1v) is 9.96. The van der Waals surface area contributed by atoms with Crippen molar-refractivity contribution in [3.63, 3.8) is 0 Å². The Morgan fingerprint density at radius 1 is 1.21 bits per heavy atom. The first-order chi connectivity index (χ1) is 13.4. The number of urea groups is 1. The molecule has 9 heteroatoms. The highest BCUT2D eigenvalue weighted by Crippen LogP contribution is 2.25. The Balaban J connectivity index is 1.54. The number of carbonyl (C=O) groups is 2. The molecular weight excluding hydrogens is 378 g/mol. The molecule has 0 atom stereocenters. The molecule has 2 heterocycles. The van der Waals surface area contributed by atoms with Crippen molar-refractivity contribution in [3.05, 3.63) is 34.8 Å². The van der Waals surface area contributed by atoms with Gasteiger partial charge in [0.2, 0.25) is 5.91 Å². The van der Waals surface area contributed by atoms with E-state index in [2.05, 4.69) is 20.5 Å². The zero-order valence-corrected chi connectivity index (χ0v) is 17.1. The summed E-state index contributed by atoms with van der Waals surface area (Å²) < 4.78 is 5.31. The molecule has 28 heavy (non-hydrogen) atoms. The second-order valence-electron chi connectivity index (χ2n) is 6.79. The van der Waals surface area contributed by atoms with Crippen LogP contribution in [0, 0.1) is 6.92 Å². The molecule has 0 unspecified atom stereocenters. The van der Waals surface area contributed by atoms with Crippen molar-refractivity contribution in [1.29, 1.82) is 0 Å². The van der Waals surface area contributed by atoms with Crippen LogP contribution in [-0.2, 0) is 11.2 Å². The molecular formula is C19H25N5O3S. The van der Waals surface area contributed by atoms with Crippen molar-refractivity contribution in [2.75, 3.05) is 51.0 Å². The molecule has 1 aliphatic heterocycles. The molecule has 2 aromatic rings. The molecule has 0 spiro atoms. The standard InChI is InChI=1S/C19H25N5O3S/c1-13-4-5-15(16(10-13)27-3)21-17(25)11-14-12-28-18(20-14)22-19(26)24-8-6-23(2)7-9-24/h4-5,10,12H,6-9,11H2,1-3H3,(H,21,25)(H,20,22,26). The number of aromatic nitrogens is 1. The van der Waals surface area contributed by atoms with Crippen molar-refractivity contribution in [1.82, 2.24) is 14.8 Å². The van der Waals surface area contributed by atoms with E-state index in [0.717, 1.165) is 18.7 Å². The molecule has 3 rings (SSSR count). The van der Waals surface area contributed by atoms with E-state index in [-0.39, 0.29) is 18.4 Å². The zero-order chi connectivity index (χ0) is 20.1. The molecule has 8 nitrogen and oxygen atoms in total. The molecule has 0 aliphatic carbocycles. The van der Waals surface area contributed by atoms with Gasteiger partial charge in [0.15, 0.2) is 5.13 Å². The minimum absolute atomic E-state index is 0.123. The largest absolute Gasteiger partial charge is 0.495 e. The van der Waals surface area contributed by atoms with E-state index in [4.69, 9.17) is 4.74 Å². The summed E-state index contributed by atoms with van der Waals surface area (Å²) in [4.78, 5) is 33.0. The lowest BCUT2D eigenvalue weighted by atomic mass is 10.2. The molecule has 1 saturated heterocycles. The van der Waals surface area contributed by atoms with Crippen molar-refractivity contribution in [2.45, 2.75) is 13.3 Å². The monoisotopic (exact) mass is 403 g/mol. The van der Waals surface area contributed by atoms with Crippen LogP contribution in [0.5, 0.6) is 5.75 Å². The topological polar surface area (TPSA) is 86.8 Å². The lowest BCUT2D eigenvalue weighted by Gasteiger charge is -2.32. The predicted molar refractivity (Wildman–Crippen MR) is 110 cm³/mol. The number of aryl methyl sites for hydroxylation is 1. The van der Waals surface area contributed by atoms with E-state index in [1.54, 1.807) is 17.4 Å². The van der Waals surface area contributed by atoms with Crippen molar-refractivity contribution >= 4 is 34.1 Å². The van der Waals surface area contributed by atoms with E-state index in [0.29, 0.717) is 35.4 Å². The highest BCUT2D eigenvalue weighted by molar-refractivity contribution is 7.13. The third-order valence-electron chi connectivity index (χ3n) is 4.53. The van der Waals surface area contributed by atoms with Crippen LogP contribution in [0.1, 0.15) is 11.3 Å². The van der Waals surface area contributed by atoms with E-state index >= 15 is 0 Å². The first kappa shape index (κ1) is 20.1. The van der Waals surface area contributed by atoms with Crippen LogP contribution in [0.3, 0.4) is 0 Å². The summed E-state index contributed by atoms with van der Waals surface area (Å²) in [6, 6.07) is 5.44. The minimum atomic E-state index is -0.190. The number of likely N-dealkylation sites (N-methyl/N-ethyl adjacent to an activating group) is 1. The first-order valence-electron chi connectivity index (χ1n) is 9.08. The van der Waals surface area contributed by atoms with Gasteiger partial charge in [0.1, 0.15) is 5.75 Å². The lowest BCUT2D eigenvalue weighted by Crippen LogP contribution is -2.48. The van der Waals surface area contributed by atoms with Gasteiger partial charge in [-0.05, 0) is 31.7 Å². The van der Waals surface area contributed by atoms with Crippen molar-refractivity contribution in [2.24, 2.45) is 0 Å². The third kappa shape index (κ3) is 5.20. The fourth-order valence-corrected chi connectivity index (χ4v) is 3.59. The number of nitrogens with one attached hydrogen (secondary N) is 2. The number of amides is 3. The number of piperazine rings is 1. The molecule has 1 fully saturated rings. The SMILES string of the molecule is COc1cc(C)ccc1NC(=O)Cc1csc(NC(=O)N2CCN(C)CC2)n1. The third-order valence-corrected chi connectivity index (χ3v) is 5.34. The molecule has 3 amide bonds. The van der Waals surface area contributed by atoms with Crippen LogP contribution in [0.15, 0.2) is 23.6 Å². The van der Waals surface area contributed by atoms with Gasteiger partial charge in [-0.2, -0.15) is 0 Å². The Bertz CT molecular complexity index is 846. The Hall–Kier alpha value is -2.65. The van der Waals surface area contributed by atoms with Gasteiger partial charge in [0, 0.05) is 31.6 Å². The molecule has 0 radical (unpaired) electrons. The highest BCUT2D eigenvalue weighted by Gasteiger charge is 2.20. The maximum absolute atomic E-state index is 12.3. The number of hydrogen-bond acceptors (Lipinski definition) is 6. The van der Waals surface area contributed by atoms with E-state index < -0.39 is 0 Å². The molecule has 0 bridgehead atoms. The zero-order valence-electron chi connectivity index (χ0n) is 16.3. The smallest absolute Gasteiger partial charge is 0.323 e. The number of nitrogens with zero attached hydrogens (tertiary/aromatic N) is 3. The van der Waals surface area contributed by atoms with Crippen LogP contribution in [0.2, 0.25) is 0 Å². The summed E-state index contributed by atoms with van der Waals surface area (Å²) in [6.45, 7) is 5.07. The maximum Gasteiger partial charge on any atom is 0.323 e. The molecule has 2 N–H and O–H groups in total. The lowest BCUT2D eigenvalue weighted by molar-refractivity contribution is -0.115. The van der Waals surface area contributed by atoms with E-state index in [1.165, 1.54) is 11.3 Å². The Morgan fingerprint density at radius 3 is 2.68 bits per heavy atom. The van der Waals surface area contributed by atoms with Gasteiger partial charge in [-0.3, -0.25) is 10.1 Å². The van der Waals surface area contributed by atoms with Gasteiger partial charge < -0.3 is 19.9 Å². The number of thiazole rings is 1. The van der Waals surface area contributed by atoms with Gasteiger partial charge >= 0.3 is 6.03 Å². The van der Waals surface area contributed by atoms with E-state index in [9.17, 15) is 9.59 Å². The molecule has 1 aromatic heterocycles. The number of hydrogen-bond donors (Lipinski definition) is 2. The molecule has 150 valence electrons. The van der Waals surface area contributed by atoms with Gasteiger partial charge in [-0.1, -0.05) is 6.07 Å². The number of methoxy groups -OCH3 is 1. The maximum atomic E-state index is 12.3. The van der Waals surface area contributed by atoms with E-state index in [1.807, 2.05) is 32.2 Å². The summed E-state index contributed by atoms with van der Waals surface area (Å²) in [7, 11) is 3.61. The summed E-state index contributed by atoms with van der Waals surface area (Å²) in [5, 5.41) is 7.94. The Morgan fingerprint density at radius 2 is 1.96 bits per heavy atom. The minimum Gasteiger partial charge on any atom is -0.495 e. The van der Waals surface area contributed by atoms with Gasteiger partial charge in [-0.15, -0.1) is 11.3 Å². The average Bonchev–Trinajstić information content (AvgIpc) is 3.10.